The van der Waals surface area contributed by atoms with E-state index in [9.17, 15) is 0 Å². The van der Waals surface area contributed by atoms with Crippen LogP contribution >= 0.6 is 11.6 Å². The highest BCUT2D eigenvalue weighted by Gasteiger charge is 2.02. The summed E-state index contributed by atoms with van der Waals surface area (Å²) in [6.45, 7) is 2.83. The molecule has 0 fully saturated rings. The highest BCUT2D eigenvalue weighted by Crippen LogP contribution is 2.17. The summed E-state index contributed by atoms with van der Waals surface area (Å²) in [5.74, 6) is 0.737. The van der Waals surface area contributed by atoms with Crippen molar-refractivity contribution in [2.75, 3.05) is 51.4 Å². The molecule has 0 aliphatic heterocycles. The first-order valence-corrected chi connectivity index (χ1v) is 5.71. The smallest absolute Gasteiger partial charge is 0.222 e. The second-order valence-electron chi connectivity index (χ2n) is 3.77. The summed E-state index contributed by atoms with van der Waals surface area (Å²) in [4.78, 5) is 9.82. The maximum Gasteiger partial charge on any atom is 0.222 e. The molecule has 1 aromatic rings. The number of nitrogen functional groups attached to an aromatic ring is 1. The number of hydrogen-bond acceptors (Lipinski definition) is 6. The summed E-state index contributed by atoms with van der Waals surface area (Å²) in [5, 5.41) is 3.49. The predicted octanol–water partition coefficient (Wildman–Crippen LogP) is 0.702. The second kappa shape index (κ2) is 7.26. The zero-order valence-corrected chi connectivity index (χ0v) is 10.9. The van der Waals surface area contributed by atoms with Gasteiger partial charge in [0.05, 0.1) is 19.4 Å². The molecule has 3 N–H and O–H groups in total. The Hall–Kier alpha value is -1.11. The average Bonchev–Trinajstić information content (AvgIpc) is 2.27. The van der Waals surface area contributed by atoms with Crippen molar-refractivity contribution in [3.63, 3.8) is 0 Å². The molecular formula is C10H18ClN5O. The maximum atomic E-state index is 5.89. The Morgan fingerprint density at radius 2 is 2.24 bits per heavy atom. The summed E-state index contributed by atoms with van der Waals surface area (Å²) in [6, 6.07) is 0. The lowest BCUT2D eigenvalue weighted by Crippen LogP contribution is -2.20. The quantitative estimate of drug-likeness (QED) is 0.702. The van der Waals surface area contributed by atoms with Gasteiger partial charge in [-0.2, -0.15) is 4.98 Å². The largest absolute Gasteiger partial charge is 0.378 e. The van der Waals surface area contributed by atoms with Crippen LogP contribution < -0.4 is 11.1 Å². The van der Waals surface area contributed by atoms with E-state index in [1.54, 1.807) is 0 Å². The van der Waals surface area contributed by atoms with E-state index in [-0.39, 0.29) is 5.95 Å². The van der Waals surface area contributed by atoms with E-state index in [1.165, 1.54) is 6.20 Å². The number of nitrogens with two attached hydrogens (primary N) is 1. The molecule has 0 spiro atoms. The van der Waals surface area contributed by atoms with E-state index < -0.39 is 0 Å². The highest BCUT2D eigenvalue weighted by molar-refractivity contribution is 6.32. The van der Waals surface area contributed by atoms with Crippen LogP contribution in [0.1, 0.15) is 0 Å². The Balaban J connectivity index is 2.20. The van der Waals surface area contributed by atoms with Crippen LogP contribution in [0.3, 0.4) is 0 Å². The Labute approximate surface area is 106 Å². The van der Waals surface area contributed by atoms with Gasteiger partial charge in [0, 0.05) is 13.1 Å². The SMILES string of the molecule is CN(C)CCOCCNc1nc(N)ncc1Cl. The van der Waals surface area contributed by atoms with Crippen LogP contribution in [0.5, 0.6) is 0 Å². The lowest BCUT2D eigenvalue weighted by molar-refractivity contribution is 0.126. The van der Waals surface area contributed by atoms with Gasteiger partial charge >= 0.3 is 0 Å². The monoisotopic (exact) mass is 259 g/mol. The first kappa shape index (κ1) is 14.0. The molecule has 1 heterocycles. The van der Waals surface area contributed by atoms with Gasteiger partial charge < -0.3 is 20.7 Å². The van der Waals surface area contributed by atoms with Crippen LogP contribution in [0.25, 0.3) is 0 Å². The van der Waals surface area contributed by atoms with E-state index in [4.69, 9.17) is 22.1 Å². The minimum atomic E-state index is 0.199. The van der Waals surface area contributed by atoms with Gasteiger partial charge in [-0.3, -0.25) is 0 Å². The summed E-state index contributed by atoms with van der Waals surface area (Å²) in [5.41, 5.74) is 5.46. The molecule has 0 aromatic carbocycles. The minimum absolute atomic E-state index is 0.199. The Bertz CT molecular complexity index is 347. The molecule has 0 unspecified atom stereocenters. The van der Waals surface area contributed by atoms with E-state index in [0.717, 1.165) is 6.54 Å². The summed E-state index contributed by atoms with van der Waals surface area (Å²) in [7, 11) is 4.01. The van der Waals surface area contributed by atoms with E-state index >= 15 is 0 Å². The third kappa shape index (κ3) is 5.67. The van der Waals surface area contributed by atoms with Crippen LogP contribution in [-0.4, -0.2) is 55.3 Å². The van der Waals surface area contributed by atoms with Crippen molar-refractivity contribution in [1.29, 1.82) is 0 Å². The lowest BCUT2D eigenvalue weighted by atomic mass is 10.5. The molecule has 0 amide bonds. The van der Waals surface area contributed by atoms with E-state index in [2.05, 4.69) is 20.2 Å². The van der Waals surface area contributed by atoms with Crippen LogP contribution in [0.4, 0.5) is 11.8 Å². The Kier molecular flexibility index (Phi) is 5.96. The lowest BCUT2D eigenvalue weighted by Gasteiger charge is -2.11. The van der Waals surface area contributed by atoms with Gasteiger partial charge in [0.1, 0.15) is 5.02 Å². The standard InChI is InChI=1S/C10H18ClN5O/c1-16(2)4-6-17-5-3-13-9-8(11)7-14-10(12)15-9/h7H,3-6H2,1-2H3,(H3,12,13,14,15). The normalized spacial score (nSPS) is 10.8. The van der Waals surface area contributed by atoms with Crippen molar-refractivity contribution >= 4 is 23.4 Å². The number of hydrogen-bond donors (Lipinski definition) is 2. The molecule has 6 nitrogen and oxygen atoms in total. The van der Waals surface area contributed by atoms with Gasteiger partial charge in [-0.15, -0.1) is 0 Å². The van der Waals surface area contributed by atoms with Crippen molar-refractivity contribution < 1.29 is 4.74 Å². The molecule has 1 aromatic heterocycles. The molecule has 0 aliphatic carbocycles. The van der Waals surface area contributed by atoms with E-state index in [0.29, 0.717) is 30.6 Å². The number of aromatic nitrogens is 2. The number of nitrogens with zero attached hydrogens (tertiary/aromatic N) is 3. The molecule has 0 saturated carbocycles. The number of likely N-dealkylation sites (N-methyl/N-ethyl adjacent to an activating group) is 1. The zero-order chi connectivity index (χ0) is 12.7. The molecule has 17 heavy (non-hydrogen) atoms. The topological polar surface area (TPSA) is 76.3 Å². The molecule has 1 rings (SSSR count). The molecular weight excluding hydrogens is 242 g/mol. The number of ether oxygens (including phenoxy) is 1. The Morgan fingerprint density at radius 3 is 2.94 bits per heavy atom. The van der Waals surface area contributed by atoms with Crippen LogP contribution in [0.2, 0.25) is 5.02 Å². The summed E-state index contributed by atoms with van der Waals surface area (Å²) < 4.78 is 5.41. The maximum absolute atomic E-state index is 5.89. The van der Waals surface area contributed by atoms with Gasteiger partial charge in [0.2, 0.25) is 5.95 Å². The molecule has 96 valence electrons. The third-order valence-corrected chi connectivity index (χ3v) is 2.26. The number of anilines is 2. The van der Waals surface area contributed by atoms with Gasteiger partial charge in [-0.05, 0) is 14.1 Å². The number of halogens is 1. The zero-order valence-electron chi connectivity index (χ0n) is 10.1. The van der Waals surface area contributed by atoms with Crippen molar-refractivity contribution in [2.45, 2.75) is 0 Å². The predicted molar refractivity (Wildman–Crippen MR) is 69.3 cm³/mol. The average molecular weight is 260 g/mol. The van der Waals surface area contributed by atoms with Gasteiger partial charge in [0.25, 0.3) is 0 Å². The first-order valence-electron chi connectivity index (χ1n) is 5.34. The van der Waals surface area contributed by atoms with Crippen LogP contribution in [0.15, 0.2) is 6.20 Å². The summed E-state index contributed by atoms with van der Waals surface area (Å²) >= 11 is 5.89. The fourth-order valence-corrected chi connectivity index (χ4v) is 1.25. The molecule has 0 bridgehead atoms. The van der Waals surface area contributed by atoms with Crippen LogP contribution in [0, 0.1) is 0 Å². The fourth-order valence-electron chi connectivity index (χ4n) is 1.10. The highest BCUT2D eigenvalue weighted by atomic mass is 35.5. The third-order valence-electron chi connectivity index (χ3n) is 1.98. The van der Waals surface area contributed by atoms with E-state index in [1.807, 2.05) is 14.1 Å². The number of nitrogens with one attached hydrogen (secondary N) is 1. The molecule has 0 saturated heterocycles. The summed E-state index contributed by atoms with van der Waals surface area (Å²) in [6.07, 6.45) is 1.47. The minimum Gasteiger partial charge on any atom is -0.378 e. The number of rotatable bonds is 7. The van der Waals surface area contributed by atoms with Gasteiger partial charge in [-0.1, -0.05) is 11.6 Å². The van der Waals surface area contributed by atoms with Crippen molar-refractivity contribution in [2.24, 2.45) is 0 Å². The first-order chi connectivity index (χ1) is 8.09. The van der Waals surface area contributed by atoms with Crippen molar-refractivity contribution in [1.82, 2.24) is 14.9 Å². The fraction of sp³-hybridized carbons (Fsp3) is 0.600. The molecule has 0 atom stereocenters. The van der Waals surface area contributed by atoms with Crippen molar-refractivity contribution in [3.8, 4) is 0 Å². The van der Waals surface area contributed by atoms with Gasteiger partial charge in [-0.25, -0.2) is 4.98 Å². The Morgan fingerprint density at radius 1 is 1.47 bits per heavy atom. The molecule has 7 heteroatoms. The van der Waals surface area contributed by atoms with Crippen molar-refractivity contribution in [3.05, 3.63) is 11.2 Å². The van der Waals surface area contributed by atoms with Gasteiger partial charge in [0.15, 0.2) is 5.82 Å². The van der Waals surface area contributed by atoms with Crippen LogP contribution in [-0.2, 0) is 4.74 Å². The molecule has 0 radical (unpaired) electrons. The second-order valence-corrected chi connectivity index (χ2v) is 4.17. The molecule has 0 aliphatic rings.